The molecule has 1 atom stereocenters. The van der Waals surface area contributed by atoms with Gasteiger partial charge in [0.2, 0.25) is 0 Å². The van der Waals surface area contributed by atoms with E-state index >= 15 is 0 Å². The molecule has 0 heterocycles. The van der Waals surface area contributed by atoms with Gasteiger partial charge in [0.1, 0.15) is 0 Å². The van der Waals surface area contributed by atoms with Crippen LogP contribution in [0.15, 0.2) is 0 Å². The molecule has 0 radical (unpaired) electrons. The number of esters is 1. The first kappa shape index (κ1) is 13.4. The molecule has 2 N–H and O–H groups in total. The number of unbranched alkanes of at least 4 members (excludes halogenated alkanes) is 1. The Morgan fingerprint density at radius 1 is 1.29 bits per heavy atom. The van der Waals surface area contributed by atoms with Crippen LogP contribution in [0.5, 0.6) is 0 Å². The van der Waals surface area contributed by atoms with Gasteiger partial charge in [-0.25, -0.2) is 0 Å². The molecule has 0 aromatic rings. The highest BCUT2D eigenvalue weighted by Gasteiger charge is 2.03. The monoisotopic (exact) mass is 201 g/mol. The molecule has 0 aliphatic rings. The first-order valence-electron chi connectivity index (χ1n) is 5.61. The zero-order valence-corrected chi connectivity index (χ0v) is 9.42. The van der Waals surface area contributed by atoms with Gasteiger partial charge in [0.05, 0.1) is 6.61 Å². The zero-order valence-electron chi connectivity index (χ0n) is 9.42. The van der Waals surface area contributed by atoms with Crippen LogP contribution in [0.3, 0.4) is 0 Å². The average molecular weight is 201 g/mol. The van der Waals surface area contributed by atoms with E-state index in [0.29, 0.717) is 19.1 Å². The van der Waals surface area contributed by atoms with Crippen LogP contribution in [-0.4, -0.2) is 18.6 Å². The van der Waals surface area contributed by atoms with E-state index in [1.54, 1.807) is 0 Å². The predicted octanol–water partition coefficient (Wildman–Crippen LogP) is 2.24. The number of ether oxygens (including phenoxy) is 1. The summed E-state index contributed by atoms with van der Waals surface area (Å²) in [7, 11) is 0. The largest absolute Gasteiger partial charge is 0.466 e. The summed E-state index contributed by atoms with van der Waals surface area (Å²) in [6.07, 6.45) is 5.70. The molecular weight excluding hydrogens is 178 g/mol. The van der Waals surface area contributed by atoms with Gasteiger partial charge in [0, 0.05) is 12.5 Å². The number of nitrogens with two attached hydrogens (primary N) is 1. The van der Waals surface area contributed by atoms with Gasteiger partial charge in [0.15, 0.2) is 0 Å². The smallest absolute Gasteiger partial charge is 0.305 e. The zero-order chi connectivity index (χ0) is 10.8. The molecule has 3 heteroatoms. The lowest BCUT2D eigenvalue weighted by atomic mass is 10.1. The van der Waals surface area contributed by atoms with Gasteiger partial charge in [-0.05, 0) is 26.2 Å². The summed E-state index contributed by atoms with van der Waals surface area (Å²) in [4.78, 5) is 11.0. The summed E-state index contributed by atoms with van der Waals surface area (Å²) < 4.78 is 4.83. The van der Waals surface area contributed by atoms with E-state index < -0.39 is 0 Å². The van der Waals surface area contributed by atoms with Crippen molar-refractivity contribution in [2.45, 2.75) is 58.4 Å². The molecule has 0 aromatic heterocycles. The minimum atomic E-state index is -0.0865. The van der Waals surface area contributed by atoms with Crippen LogP contribution in [0.4, 0.5) is 0 Å². The van der Waals surface area contributed by atoms with Crippen LogP contribution in [0.2, 0.25) is 0 Å². The van der Waals surface area contributed by atoms with Crippen molar-refractivity contribution in [2.75, 3.05) is 6.61 Å². The number of hydrogen-bond acceptors (Lipinski definition) is 3. The van der Waals surface area contributed by atoms with Gasteiger partial charge in [-0.1, -0.05) is 19.8 Å². The van der Waals surface area contributed by atoms with E-state index in [2.05, 4.69) is 6.92 Å². The van der Waals surface area contributed by atoms with Crippen LogP contribution in [0, 0.1) is 0 Å². The van der Waals surface area contributed by atoms with Crippen molar-refractivity contribution < 1.29 is 9.53 Å². The number of rotatable bonds is 8. The van der Waals surface area contributed by atoms with Crippen LogP contribution in [-0.2, 0) is 9.53 Å². The second-order valence-electron chi connectivity index (χ2n) is 3.60. The fourth-order valence-electron chi connectivity index (χ4n) is 1.42. The molecule has 3 nitrogen and oxygen atoms in total. The third kappa shape index (κ3) is 8.05. The van der Waals surface area contributed by atoms with Gasteiger partial charge in [0.25, 0.3) is 0 Å². The van der Waals surface area contributed by atoms with Crippen LogP contribution >= 0.6 is 0 Å². The normalized spacial score (nSPS) is 12.5. The van der Waals surface area contributed by atoms with Gasteiger partial charge in [-0.2, -0.15) is 0 Å². The Hall–Kier alpha value is -0.570. The minimum Gasteiger partial charge on any atom is -0.466 e. The van der Waals surface area contributed by atoms with E-state index in [1.165, 1.54) is 0 Å². The van der Waals surface area contributed by atoms with E-state index in [1.807, 2.05) is 6.92 Å². The first-order valence-corrected chi connectivity index (χ1v) is 5.61. The van der Waals surface area contributed by atoms with E-state index in [0.717, 1.165) is 32.1 Å². The average Bonchev–Trinajstić information content (AvgIpc) is 2.13. The fourth-order valence-corrected chi connectivity index (χ4v) is 1.42. The number of hydrogen-bond donors (Lipinski definition) is 1. The lowest BCUT2D eigenvalue weighted by Gasteiger charge is -2.09. The van der Waals surface area contributed by atoms with Crippen LogP contribution in [0.1, 0.15) is 52.4 Å². The molecule has 0 aromatic carbocycles. The summed E-state index contributed by atoms with van der Waals surface area (Å²) in [5.41, 5.74) is 5.84. The molecule has 0 spiro atoms. The Bertz CT molecular complexity index is 148. The van der Waals surface area contributed by atoms with E-state index in [-0.39, 0.29) is 5.97 Å². The Morgan fingerprint density at radius 3 is 2.57 bits per heavy atom. The number of carbonyl (C=O) groups is 1. The lowest BCUT2D eigenvalue weighted by molar-refractivity contribution is -0.143. The maximum atomic E-state index is 11.0. The molecule has 0 fully saturated rings. The van der Waals surface area contributed by atoms with Gasteiger partial charge < -0.3 is 10.5 Å². The van der Waals surface area contributed by atoms with Crippen molar-refractivity contribution in [1.82, 2.24) is 0 Å². The molecule has 0 bridgehead atoms. The topological polar surface area (TPSA) is 52.3 Å². The van der Waals surface area contributed by atoms with Crippen molar-refractivity contribution in [3.05, 3.63) is 0 Å². The highest BCUT2D eigenvalue weighted by Crippen LogP contribution is 2.06. The molecule has 0 aliphatic carbocycles. The van der Waals surface area contributed by atoms with E-state index in [9.17, 15) is 4.79 Å². The third-order valence-corrected chi connectivity index (χ3v) is 2.17. The highest BCUT2D eigenvalue weighted by atomic mass is 16.5. The third-order valence-electron chi connectivity index (χ3n) is 2.17. The Labute approximate surface area is 87.0 Å². The summed E-state index contributed by atoms with van der Waals surface area (Å²) in [6.45, 7) is 4.45. The minimum absolute atomic E-state index is 0.0865. The predicted molar refractivity (Wildman–Crippen MR) is 58.0 cm³/mol. The molecule has 0 saturated heterocycles. The Morgan fingerprint density at radius 2 is 2.00 bits per heavy atom. The van der Waals surface area contributed by atoms with Crippen LogP contribution in [0.25, 0.3) is 0 Å². The van der Waals surface area contributed by atoms with Gasteiger partial charge >= 0.3 is 5.97 Å². The maximum absolute atomic E-state index is 11.0. The van der Waals surface area contributed by atoms with Gasteiger partial charge in [-0.15, -0.1) is 0 Å². The maximum Gasteiger partial charge on any atom is 0.305 e. The Kier molecular flexibility index (Phi) is 8.64. The molecule has 0 saturated carbocycles. The van der Waals surface area contributed by atoms with Crippen molar-refractivity contribution in [3.63, 3.8) is 0 Å². The molecule has 0 rings (SSSR count). The van der Waals surface area contributed by atoms with Crippen molar-refractivity contribution in [2.24, 2.45) is 5.73 Å². The lowest BCUT2D eigenvalue weighted by Crippen LogP contribution is -2.19. The summed E-state index contributed by atoms with van der Waals surface area (Å²) in [5.74, 6) is -0.0865. The summed E-state index contributed by atoms with van der Waals surface area (Å²) in [6, 6.07) is 0.308. The van der Waals surface area contributed by atoms with Crippen molar-refractivity contribution in [1.29, 1.82) is 0 Å². The fraction of sp³-hybridized carbons (Fsp3) is 0.909. The molecule has 1 unspecified atom stereocenters. The van der Waals surface area contributed by atoms with E-state index in [4.69, 9.17) is 10.5 Å². The molecule has 0 amide bonds. The van der Waals surface area contributed by atoms with Crippen molar-refractivity contribution >= 4 is 5.97 Å². The van der Waals surface area contributed by atoms with Crippen molar-refractivity contribution in [3.8, 4) is 0 Å². The molecule has 0 aliphatic heterocycles. The molecule has 84 valence electrons. The van der Waals surface area contributed by atoms with Crippen LogP contribution < -0.4 is 5.73 Å². The summed E-state index contributed by atoms with van der Waals surface area (Å²) in [5, 5.41) is 0. The second-order valence-corrected chi connectivity index (χ2v) is 3.60. The Balaban J connectivity index is 3.24. The molecule has 14 heavy (non-hydrogen) atoms. The van der Waals surface area contributed by atoms with Gasteiger partial charge in [-0.3, -0.25) is 4.79 Å². The number of carbonyl (C=O) groups excluding carboxylic acids is 1. The second kappa shape index (κ2) is 9.00. The quantitative estimate of drug-likeness (QED) is 0.484. The summed E-state index contributed by atoms with van der Waals surface area (Å²) >= 11 is 0. The standard InChI is InChI=1S/C11H23NO2/c1-3-7-10(12)8-5-6-9-11(13)14-4-2/h10H,3-9,12H2,1-2H3. The highest BCUT2D eigenvalue weighted by molar-refractivity contribution is 5.69. The molecular formula is C11H23NO2. The SMILES string of the molecule is CCCC(N)CCCCC(=O)OCC. The first-order chi connectivity index (χ1) is 6.70.